The molecule has 0 aliphatic carbocycles. The van der Waals surface area contributed by atoms with Gasteiger partial charge in [0.25, 0.3) is 0 Å². The second-order valence-corrected chi connectivity index (χ2v) is 6.82. The maximum atomic E-state index is 5.67. The number of hydrogen-bond acceptors (Lipinski definition) is 4. The second kappa shape index (κ2) is 12.5. The lowest BCUT2D eigenvalue weighted by atomic mass is 10.2. The minimum absolute atomic E-state index is 0.296. The van der Waals surface area contributed by atoms with Crippen LogP contribution in [0.1, 0.15) is 47.5 Å². The summed E-state index contributed by atoms with van der Waals surface area (Å²) in [5, 5.41) is 6.62. The fraction of sp³-hybridized carbons (Fsp3) is 0.944. The summed E-state index contributed by atoms with van der Waals surface area (Å²) >= 11 is 0. The van der Waals surface area contributed by atoms with Crippen molar-refractivity contribution in [2.24, 2.45) is 4.99 Å². The number of nitrogens with zero attached hydrogens (tertiary/aromatic N) is 2. The molecular formula is C18H38N4O2. The van der Waals surface area contributed by atoms with Crippen LogP contribution in [-0.2, 0) is 9.47 Å². The van der Waals surface area contributed by atoms with Gasteiger partial charge in [0.15, 0.2) is 5.96 Å². The maximum absolute atomic E-state index is 5.67. The largest absolute Gasteiger partial charge is 0.377 e. The Hall–Kier alpha value is -0.850. The molecule has 142 valence electrons. The van der Waals surface area contributed by atoms with Crippen LogP contribution < -0.4 is 10.6 Å². The standard InChI is InChI=1S/C18H38N4O2/c1-6-19-18(20-9-11-22(15(2)3)16(4)5)21-10-13-23-14-17-8-7-12-24-17/h15-17H,6-14H2,1-5H3,(H2,19,20,21). The second-order valence-electron chi connectivity index (χ2n) is 6.82. The van der Waals surface area contributed by atoms with E-state index in [0.717, 1.165) is 51.6 Å². The van der Waals surface area contributed by atoms with Crippen LogP contribution in [0.5, 0.6) is 0 Å². The van der Waals surface area contributed by atoms with E-state index in [0.29, 0.717) is 31.4 Å². The summed E-state index contributed by atoms with van der Waals surface area (Å²) in [6, 6.07) is 1.09. The van der Waals surface area contributed by atoms with Crippen LogP contribution in [0, 0.1) is 0 Å². The molecule has 1 aliphatic rings. The molecule has 1 unspecified atom stereocenters. The van der Waals surface area contributed by atoms with E-state index < -0.39 is 0 Å². The maximum Gasteiger partial charge on any atom is 0.191 e. The van der Waals surface area contributed by atoms with Gasteiger partial charge in [-0.1, -0.05) is 0 Å². The molecule has 0 amide bonds. The van der Waals surface area contributed by atoms with Gasteiger partial charge in [0, 0.05) is 38.3 Å². The molecule has 2 N–H and O–H groups in total. The van der Waals surface area contributed by atoms with Gasteiger partial charge >= 0.3 is 0 Å². The average Bonchev–Trinajstić information content (AvgIpc) is 3.03. The fourth-order valence-electron chi connectivity index (χ4n) is 2.96. The fourth-order valence-corrected chi connectivity index (χ4v) is 2.96. The summed E-state index contributed by atoms with van der Waals surface area (Å²) in [5.41, 5.74) is 0. The zero-order valence-electron chi connectivity index (χ0n) is 16.3. The number of guanidine groups is 1. The first-order valence-corrected chi connectivity index (χ1v) is 9.51. The van der Waals surface area contributed by atoms with E-state index in [-0.39, 0.29) is 0 Å². The molecule has 0 spiro atoms. The van der Waals surface area contributed by atoms with Crippen LogP contribution in [0.4, 0.5) is 0 Å². The molecule has 1 heterocycles. The van der Waals surface area contributed by atoms with Gasteiger partial charge in [-0.2, -0.15) is 0 Å². The lowest BCUT2D eigenvalue weighted by Crippen LogP contribution is -2.41. The van der Waals surface area contributed by atoms with Gasteiger partial charge in [-0.15, -0.1) is 0 Å². The molecule has 1 saturated heterocycles. The molecule has 6 nitrogen and oxygen atoms in total. The number of hydrogen-bond donors (Lipinski definition) is 2. The molecule has 6 heteroatoms. The summed E-state index contributed by atoms with van der Waals surface area (Å²) in [6.45, 7) is 16.7. The van der Waals surface area contributed by atoms with Crippen LogP contribution in [0.25, 0.3) is 0 Å². The Morgan fingerprint density at radius 3 is 2.58 bits per heavy atom. The van der Waals surface area contributed by atoms with Gasteiger partial charge in [0.2, 0.25) is 0 Å². The van der Waals surface area contributed by atoms with Crippen molar-refractivity contribution in [2.45, 2.75) is 65.6 Å². The third-order valence-electron chi connectivity index (χ3n) is 4.17. The highest BCUT2D eigenvalue weighted by atomic mass is 16.5. The molecule has 1 rings (SSSR count). The van der Waals surface area contributed by atoms with Gasteiger partial charge in [-0.3, -0.25) is 9.89 Å². The SMILES string of the molecule is CCNC(=NCCN(C(C)C)C(C)C)NCCOCC1CCCO1. The Labute approximate surface area is 148 Å². The molecule has 0 bridgehead atoms. The van der Waals surface area contributed by atoms with Crippen molar-refractivity contribution in [3.05, 3.63) is 0 Å². The van der Waals surface area contributed by atoms with Crippen molar-refractivity contribution in [2.75, 3.05) is 46.0 Å². The molecule has 0 aromatic carbocycles. The molecule has 0 radical (unpaired) electrons. The Bertz CT molecular complexity index is 334. The molecule has 24 heavy (non-hydrogen) atoms. The van der Waals surface area contributed by atoms with Crippen molar-refractivity contribution < 1.29 is 9.47 Å². The minimum Gasteiger partial charge on any atom is -0.377 e. The number of ether oxygens (including phenoxy) is 2. The van der Waals surface area contributed by atoms with Gasteiger partial charge in [0.05, 0.1) is 25.9 Å². The Morgan fingerprint density at radius 1 is 1.25 bits per heavy atom. The zero-order valence-corrected chi connectivity index (χ0v) is 16.3. The van der Waals surface area contributed by atoms with Crippen molar-refractivity contribution in [1.82, 2.24) is 15.5 Å². The summed E-state index contributed by atoms with van der Waals surface area (Å²) in [4.78, 5) is 7.12. The molecule has 0 aromatic rings. The Kier molecular flexibility index (Phi) is 11.0. The first kappa shape index (κ1) is 21.2. The van der Waals surface area contributed by atoms with Crippen LogP contribution >= 0.6 is 0 Å². The van der Waals surface area contributed by atoms with Crippen molar-refractivity contribution in [3.63, 3.8) is 0 Å². The van der Waals surface area contributed by atoms with E-state index in [1.54, 1.807) is 0 Å². The van der Waals surface area contributed by atoms with Crippen LogP contribution in [-0.4, -0.2) is 75.0 Å². The first-order valence-electron chi connectivity index (χ1n) is 9.51. The molecular weight excluding hydrogens is 304 g/mol. The van der Waals surface area contributed by atoms with Crippen LogP contribution in [0.3, 0.4) is 0 Å². The van der Waals surface area contributed by atoms with Crippen LogP contribution in [0.2, 0.25) is 0 Å². The van der Waals surface area contributed by atoms with E-state index in [1.807, 2.05) is 0 Å². The summed E-state index contributed by atoms with van der Waals surface area (Å²) in [5.74, 6) is 0.866. The number of aliphatic imine (C=N–C) groups is 1. The lowest BCUT2D eigenvalue weighted by molar-refractivity contribution is 0.0191. The van der Waals surface area contributed by atoms with Gasteiger partial charge in [-0.05, 0) is 47.5 Å². The van der Waals surface area contributed by atoms with Gasteiger partial charge in [-0.25, -0.2) is 0 Å². The summed E-state index contributed by atoms with van der Waals surface area (Å²) in [7, 11) is 0. The summed E-state index contributed by atoms with van der Waals surface area (Å²) in [6.07, 6.45) is 2.58. The van der Waals surface area contributed by atoms with Crippen molar-refractivity contribution in [3.8, 4) is 0 Å². The lowest BCUT2D eigenvalue weighted by Gasteiger charge is -2.29. The van der Waals surface area contributed by atoms with Gasteiger partial charge in [0.1, 0.15) is 0 Å². The van der Waals surface area contributed by atoms with E-state index in [1.165, 1.54) is 0 Å². The predicted molar refractivity (Wildman–Crippen MR) is 101 cm³/mol. The topological polar surface area (TPSA) is 58.1 Å². The first-order chi connectivity index (χ1) is 11.5. The molecule has 1 aliphatic heterocycles. The highest BCUT2D eigenvalue weighted by Gasteiger charge is 2.15. The highest BCUT2D eigenvalue weighted by Crippen LogP contribution is 2.11. The minimum atomic E-state index is 0.296. The van der Waals surface area contributed by atoms with E-state index >= 15 is 0 Å². The molecule has 0 saturated carbocycles. The average molecular weight is 343 g/mol. The Balaban J connectivity index is 2.23. The van der Waals surface area contributed by atoms with Gasteiger partial charge < -0.3 is 20.1 Å². The smallest absolute Gasteiger partial charge is 0.191 e. The Morgan fingerprint density at radius 2 is 2.00 bits per heavy atom. The predicted octanol–water partition coefficient (Wildman–Crippen LogP) is 1.86. The summed E-state index contributed by atoms with van der Waals surface area (Å²) < 4.78 is 11.2. The number of rotatable bonds is 11. The zero-order chi connectivity index (χ0) is 17.8. The van der Waals surface area contributed by atoms with E-state index in [4.69, 9.17) is 9.47 Å². The van der Waals surface area contributed by atoms with Crippen molar-refractivity contribution in [1.29, 1.82) is 0 Å². The molecule has 1 atom stereocenters. The molecule has 0 aromatic heterocycles. The van der Waals surface area contributed by atoms with E-state index in [2.05, 4.69) is 55.1 Å². The highest BCUT2D eigenvalue weighted by molar-refractivity contribution is 5.79. The third kappa shape index (κ3) is 8.85. The monoisotopic (exact) mass is 342 g/mol. The third-order valence-corrected chi connectivity index (χ3v) is 4.17. The normalized spacial score (nSPS) is 18.8. The van der Waals surface area contributed by atoms with E-state index in [9.17, 15) is 0 Å². The quantitative estimate of drug-likeness (QED) is 0.341. The van der Waals surface area contributed by atoms with Crippen molar-refractivity contribution >= 4 is 5.96 Å². The van der Waals surface area contributed by atoms with Crippen LogP contribution in [0.15, 0.2) is 4.99 Å². The molecule has 1 fully saturated rings. The number of nitrogens with one attached hydrogen (secondary N) is 2.